The number of piperidine rings is 1. The summed E-state index contributed by atoms with van der Waals surface area (Å²) < 4.78 is 33.9. The van der Waals surface area contributed by atoms with Gasteiger partial charge in [-0.3, -0.25) is 24.5 Å². The molecule has 0 aromatic heterocycles. The number of amides is 1. The van der Waals surface area contributed by atoms with Gasteiger partial charge in [0.05, 0.1) is 28.6 Å². The summed E-state index contributed by atoms with van der Waals surface area (Å²) in [5, 5.41) is 14.1. The molecule has 0 bridgehead atoms. The van der Waals surface area contributed by atoms with E-state index in [1.807, 2.05) is 0 Å². The van der Waals surface area contributed by atoms with E-state index in [0.29, 0.717) is 18.0 Å². The van der Waals surface area contributed by atoms with E-state index in [4.69, 9.17) is 16.3 Å². The lowest BCUT2D eigenvalue weighted by Crippen LogP contribution is -2.38. The summed E-state index contributed by atoms with van der Waals surface area (Å²) in [6.07, 6.45) is 2.79. The van der Waals surface area contributed by atoms with Crippen LogP contribution < -0.4 is 14.9 Å². The first-order valence-corrected chi connectivity index (χ1v) is 14.9. The summed E-state index contributed by atoms with van der Waals surface area (Å²) in [4.78, 5) is 28.0. The topological polar surface area (TPSA) is 134 Å². The van der Waals surface area contributed by atoms with Crippen molar-refractivity contribution in [2.75, 3.05) is 62.1 Å². The molecule has 0 spiro atoms. The van der Waals surface area contributed by atoms with E-state index >= 15 is 0 Å². The summed E-state index contributed by atoms with van der Waals surface area (Å²) in [7, 11) is -4.18. The molecule has 4 rings (SSSR count). The molecule has 2 fully saturated rings. The first kappa shape index (κ1) is 29.1. The van der Waals surface area contributed by atoms with E-state index in [2.05, 4.69) is 26.8 Å². The van der Waals surface area contributed by atoms with Crippen molar-refractivity contribution in [3.63, 3.8) is 0 Å². The van der Waals surface area contributed by atoms with Gasteiger partial charge in [-0.1, -0.05) is 18.5 Å². The van der Waals surface area contributed by atoms with Gasteiger partial charge >= 0.3 is 0 Å². The van der Waals surface area contributed by atoms with Crippen molar-refractivity contribution in [2.24, 2.45) is 5.92 Å². The molecule has 2 N–H and O–H groups in total. The third kappa shape index (κ3) is 7.59. The number of benzene rings is 2. The van der Waals surface area contributed by atoms with Gasteiger partial charge in [-0.2, -0.15) is 0 Å². The molecule has 0 radical (unpaired) electrons. The lowest BCUT2D eigenvalue weighted by atomic mass is 9.98. The maximum atomic E-state index is 13.3. The molecule has 1 amide bonds. The van der Waals surface area contributed by atoms with Gasteiger partial charge in [-0.25, -0.2) is 8.42 Å². The van der Waals surface area contributed by atoms with Crippen molar-refractivity contribution in [1.29, 1.82) is 0 Å². The van der Waals surface area contributed by atoms with Crippen molar-refractivity contribution >= 4 is 44.6 Å². The van der Waals surface area contributed by atoms with E-state index in [0.717, 1.165) is 77.0 Å². The second-order valence-corrected chi connectivity index (χ2v) is 12.0. The Balaban J connectivity index is 1.52. The van der Waals surface area contributed by atoms with Crippen LogP contribution in [0.15, 0.2) is 41.3 Å². The minimum atomic E-state index is -4.18. The molecule has 0 unspecified atom stereocenters. The van der Waals surface area contributed by atoms with Crippen molar-refractivity contribution in [2.45, 2.75) is 31.1 Å². The first-order valence-electron chi connectivity index (χ1n) is 13.1. The van der Waals surface area contributed by atoms with Crippen LogP contribution in [-0.2, 0) is 14.8 Å². The average Bonchev–Trinajstić information content (AvgIpc) is 2.92. The fraction of sp³-hybridized carbons (Fsp3) is 0.500. The van der Waals surface area contributed by atoms with Gasteiger partial charge < -0.3 is 15.0 Å². The minimum Gasteiger partial charge on any atom is -0.379 e. The van der Waals surface area contributed by atoms with Gasteiger partial charge in [0.25, 0.3) is 21.6 Å². The van der Waals surface area contributed by atoms with E-state index in [1.165, 1.54) is 18.2 Å². The maximum absolute atomic E-state index is 13.3. The lowest BCUT2D eigenvalue weighted by molar-refractivity contribution is -0.384. The summed E-state index contributed by atoms with van der Waals surface area (Å²) in [5.74, 6) is 0.321. The normalized spacial score (nSPS) is 17.1. The van der Waals surface area contributed by atoms with Gasteiger partial charge in [-0.15, -0.1) is 0 Å². The molecule has 0 aliphatic carbocycles. The number of hydrogen-bond donors (Lipinski definition) is 2. The predicted molar refractivity (Wildman–Crippen MR) is 150 cm³/mol. The Morgan fingerprint density at radius 3 is 2.54 bits per heavy atom. The molecule has 2 heterocycles. The van der Waals surface area contributed by atoms with Crippen LogP contribution >= 0.6 is 11.6 Å². The number of morpholine rings is 1. The van der Waals surface area contributed by atoms with E-state index in [-0.39, 0.29) is 21.5 Å². The number of anilines is 2. The predicted octanol–water partition coefficient (Wildman–Crippen LogP) is 3.74. The highest BCUT2D eigenvalue weighted by Crippen LogP contribution is 2.31. The molecule has 2 aromatic carbocycles. The Morgan fingerprint density at radius 1 is 1.13 bits per heavy atom. The Bertz CT molecular complexity index is 1290. The smallest absolute Gasteiger partial charge is 0.289 e. The number of hydrogen-bond acceptors (Lipinski definition) is 8. The van der Waals surface area contributed by atoms with Crippen molar-refractivity contribution in [1.82, 2.24) is 10.2 Å². The molecule has 0 saturated carbocycles. The van der Waals surface area contributed by atoms with Crippen molar-refractivity contribution in [3.05, 3.63) is 57.1 Å². The van der Waals surface area contributed by atoms with Gasteiger partial charge in [0, 0.05) is 50.2 Å². The quantitative estimate of drug-likeness (QED) is 0.247. The van der Waals surface area contributed by atoms with E-state index in [1.54, 1.807) is 12.1 Å². The number of ether oxygens (including phenoxy) is 1. The number of rotatable bonds is 10. The standard InChI is InChI=1S/C26H34ClN5O6S/c1-19-7-11-31(12-8-19)24-6-3-20(29-39(36,37)21-4-5-23(27)25(18-21)32(34)35)17-22(24)26(33)28-9-2-10-30-13-15-38-16-14-30/h3-6,17-19,29H,2,7-16H2,1H3,(H,28,33). The summed E-state index contributed by atoms with van der Waals surface area (Å²) in [6, 6.07) is 8.15. The van der Waals surface area contributed by atoms with Gasteiger partial charge in [0.1, 0.15) is 5.02 Å². The molecule has 0 atom stereocenters. The SMILES string of the molecule is CC1CCN(c2ccc(NS(=O)(=O)c3ccc(Cl)c([N+](=O)[O-])c3)cc2C(=O)NCCCN2CCOCC2)CC1. The zero-order valence-corrected chi connectivity index (χ0v) is 23.5. The van der Waals surface area contributed by atoms with Crippen LogP contribution in [0.5, 0.6) is 0 Å². The minimum absolute atomic E-state index is 0.160. The zero-order valence-electron chi connectivity index (χ0n) is 21.9. The highest BCUT2D eigenvalue weighted by atomic mass is 35.5. The Labute approximate surface area is 233 Å². The summed E-state index contributed by atoms with van der Waals surface area (Å²) in [6.45, 7) is 8.35. The maximum Gasteiger partial charge on any atom is 0.289 e. The van der Waals surface area contributed by atoms with Crippen LogP contribution in [0.3, 0.4) is 0 Å². The molecular weight excluding hydrogens is 546 g/mol. The van der Waals surface area contributed by atoms with Gasteiger partial charge in [-0.05, 0) is 62.1 Å². The summed E-state index contributed by atoms with van der Waals surface area (Å²) >= 11 is 5.84. The number of halogens is 1. The Hall–Kier alpha value is -2.93. The number of nitrogens with zero attached hydrogens (tertiary/aromatic N) is 3. The molecule has 2 aliphatic rings. The van der Waals surface area contributed by atoms with Crippen LogP contribution in [0.25, 0.3) is 0 Å². The highest BCUT2D eigenvalue weighted by molar-refractivity contribution is 7.92. The number of sulfonamides is 1. The number of nitro groups is 1. The molecule has 39 heavy (non-hydrogen) atoms. The number of nitro benzene ring substituents is 1. The zero-order chi connectivity index (χ0) is 28.0. The number of nitrogens with one attached hydrogen (secondary N) is 2. The van der Waals surface area contributed by atoms with Crippen LogP contribution in [0.4, 0.5) is 17.1 Å². The van der Waals surface area contributed by atoms with Crippen molar-refractivity contribution < 1.29 is 22.9 Å². The molecule has 11 nitrogen and oxygen atoms in total. The first-order chi connectivity index (χ1) is 18.6. The van der Waals surface area contributed by atoms with E-state index in [9.17, 15) is 23.3 Å². The largest absolute Gasteiger partial charge is 0.379 e. The lowest BCUT2D eigenvalue weighted by Gasteiger charge is -2.33. The molecular formula is C26H34ClN5O6S. The Kier molecular flexibility index (Phi) is 9.65. The second-order valence-electron chi connectivity index (χ2n) is 9.94. The third-order valence-electron chi connectivity index (χ3n) is 7.08. The van der Waals surface area contributed by atoms with E-state index < -0.39 is 20.6 Å². The monoisotopic (exact) mass is 579 g/mol. The van der Waals surface area contributed by atoms with Crippen LogP contribution in [-0.4, -0.2) is 76.6 Å². The fourth-order valence-electron chi connectivity index (χ4n) is 4.74. The highest BCUT2D eigenvalue weighted by Gasteiger charge is 2.24. The van der Waals surface area contributed by atoms with Crippen LogP contribution in [0.1, 0.15) is 36.5 Å². The Morgan fingerprint density at radius 2 is 1.85 bits per heavy atom. The average molecular weight is 580 g/mol. The molecule has 2 saturated heterocycles. The molecule has 2 aliphatic heterocycles. The molecule has 2 aromatic rings. The number of carbonyl (C=O) groups excluding carboxylic acids is 1. The summed E-state index contributed by atoms with van der Waals surface area (Å²) in [5.41, 5.74) is 0.794. The van der Waals surface area contributed by atoms with Crippen LogP contribution in [0.2, 0.25) is 5.02 Å². The molecule has 212 valence electrons. The molecule has 13 heteroatoms. The van der Waals surface area contributed by atoms with Crippen molar-refractivity contribution in [3.8, 4) is 0 Å². The second kappa shape index (κ2) is 12.9. The number of carbonyl (C=O) groups is 1. The third-order valence-corrected chi connectivity index (χ3v) is 8.78. The fourth-order valence-corrected chi connectivity index (χ4v) is 6.00. The van der Waals surface area contributed by atoms with Gasteiger partial charge in [0.2, 0.25) is 0 Å². The van der Waals surface area contributed by atoms with Gasteiger partial charge in [0.15, 0.2) is 0 Å². The van der Waals surface area contributed by atoms with Crippen LogP contribution in [0, 0.1) is 16.0 Å².